The van der Waals surface area contributed by atoms with E-state index in [1.807, 2.05) is 17.1 Å². The molecule has 0 atom stereocenters. The van der Waals surface area contributed by atoms with E-state index in [2.05, 4.69) is 11.1 Å². The summed E-state index contributed by atoms with van der Waals surface area (Å²) in [6, 6.07) is 2.09. The molecule has 0 fully saturated rings. The number of aromatic nitrogens is 1. The highest BCUT2D eigenvalue weighted by Gasteiger charge is 2.18. The highest BCUT2D eigenvalue weighted by atomic mass is 32.2. The maximum absolute atomic E-state index is 12.1. The fourth-order valence-corrected chi connectivity index (χ4v) is 4.77. The van der Waals surface area contributed by atoms with Crippen molar-refractivity contribution >= 4 is 40.2 Å². The lowest BCUT2D eigenvalue weighted by Crippen LogP contribution is -2.00. The summed E-state index contributed by atoms with van der Waals surface area (Å²) in [4.78, 5) is 18.6. The average molecular weight is 281 g/mol. The number of carbonyl (C=O) groups excluding carboxylic acids is 1. The Kier molecular flexibility index (Phi) is 3.31. The highest BCUT2D eigenvalue weighted by Crippen LogP contribution is 2.32. The SMILES string of the molecule is O=C(Cc1nccs1)c1cc2c(s1)CCSC2. The zero-order chi connectivity index (χ0) is 11.7. The Morgan fingerprint density at radius 1 is 1.47 bits per heavy atom. The van der Waals surface area contributed by atoms with E-state index in [0.29, 0.717) is 6.42 Å². The van der Waals surface area contributed by atoms with Crippen LogP contribution in [0.1, 0.15) is 25.1 Å². The predicted molar refractivity (Wildman–Crippen MR) is 74.3 cm³/mol. The first-order valence-electron chi connectivity index (χ1n) is 5.44. The van der Waals surface area contributed by atoms with Gasteiger partial charge in [-0.05, 0) is 23.8 Å². The lowest BCUT2D eigenvalue weighted by Gasteiger charge is -2.08. The van der Waals surface area contributed by atoms with Crippen LogP contribution in [0.4, 0.5) is 0 Å². The molecule has 88 valence electrons. The number of thiophene rings is 1. The van der Waals surface area contributed by atoms with Gasteiger partial charge >= 0.3 is 0 Å². The van der Waals surface area contributed by atoms with Crippen LogP contribution in [0.3, 0.4) is 0 Å². The Bertz CT molecular complexity index is 506. The quantitative estimate of drug-likeness (QED) is 0.808. The van der Waals surface area contributed by atoms with Crippen LogP contribution in [0.2, 0.25) is 0 Å². The Morgan fingerprint density at radius 2 is 2.41 bits per heavy atom. The number of carbonyl (C=O) groups is 1. The third-order valence-corrected chi connectivity index (χ3v) is 5.76. The van der Waals surface area contributed by atoms with E-state index in [1.165, 1.54) is 16.2 Å². The van der Waals surface area contributed by atoms with Gasteiger partial charge in [0, 0.05) is 22.2 Å². The molecule has 2 nitrogen and oxygen atoms in total. The van der Waals surface area contributed by atoms with Gasteiger partial charge in [0.2, 0.25) is 0 Å². The van der Waals surface area contributed by atoms with Crippen molar-refractivity contribution in [1.29, 1.82) is 0 Å². The van der Waals surface area contributed by atoms with E-state index in [1.54, 1.807) is 28.9 Å². The van der Waals surface area contributed by atoms with Gasteiger partial charge in [-0.3, -0.25) is 4.79 Å². The van der Waals surface area contributed by atoms with E-state index in [4.69, 9.17) is 0 Å². The summed E-state index contributed by atoms with van der Waals surface area (Å²) in [7, 11) is 0. The van der Waals surface area contributed by atoms with Crippen molar-refractivity contribution in [3.63, 3.8) is 0 Å². The van der Waals surface area contributed by atoms with Crippen molar-refractivity contribution in [1.82, 2.24) is 4.98 Å². The van der Waals surface area contributed by atoms with Gasteiger partial charge in [-0.15, -0.1) is 22.7 Å². The van der Waals surface area contributed by atoms with Crippen molar-refractivity contribution in [2.24, 2.45) is 0 Å². The molecule has 0 aromatic carbocycles. The maximum atomic E-state index is 12.1. The molecule has 2 aromatic rings. The zero-order valence-electron chi connectivity index (χ0n) is 9.14. The van der Waals surface area contributed by atoms with E-state index in [0.717, 1.165) is 22.1 Å². The number of nitrogens with zero attached hydrogens (tertiary/aromatic N) is 1. The molecule has 3 rings (SSSR count). The molecular formula is C12H11NOS3. The molecule has 17 heavy (non-hydrogen) atoms. The largest absolute Gasteiger partial charge is 0.293 e. The molecule has 0 N–H and O–H groups in total. The Balaban J connectivity index is 1.79. The second-order valence-corrected chi connectivity index (χ2v) is 7.11. The van der Waals surface area contributed by atoms with Gasteiger partial charge < -0.3 is 0 Å². The molecule has 3 heterocycles. The summed E-state index contributed by atoms with van der Waals surface area (Å²) in [5.41, 5.74) is 1.37. The Hall–Kier alpha value is -0.650. The van der Waals surface area contributed by atoms with Crippen LogP contribution in [0.15, 0.2) is 17.6 Å². The molecule has 5 heteroatoms. The smallest absolute Gasteiger partial charge is 0.179 e. The summed E-state index contributed by atoms with van der Waals surface area (Å²) >= 11 is 5.18. The molecule has 0 radical (unpaired) electrons. The molecule has 0 amide bonds. The van der Waals surface area contributed by atoms with Crippen LogP contribution in [-0.2, 0) is 18.6 Å². The number of ketones is 1. The first-order chi connectivity index (χ1) is 8.33. The van der Waals surface area contributed by atoms with Crippen LogP contribution >= 0.6 is 34.4 Å². The molecule has 0 spiro atoms. The Labute approximate surface area is 112 Å². The minimum absolute atomic E-state index is 0.212. The van der Waals surface area contributed by atoms with Crippen molar-refractivity contribution < 1.29 is 4.79 Å². The van der Waals surface area contributed by atoms with E-state index in [-0.39, 0.29) is 5.78 Å². The third kappa shape index (κ3) is 2.46. The summed E-state index contributed by atoms with van der Waals surface area (Å²) in [6.07, 6.45) is 3.32. The van der Waals surface area contributed by atoms with Crippen LogP contribution in [0.5, 0.6) is 0 Å². The number of thioether (sulfide) groups is 1. The van der Waals surface area contributed by atoms with Crippen molar-refractivity contribution in [3.8, 4) is 0 Å². The second kappa shape index (κ2) is 4.92. The average Bonchev–Trinajstić information content (AvgIpc) is 2.96. The van der Waals surface area contributed by atoms with E-state index >= 15 is 0 Å². The number of fused-ring (bicyclic) bond motifs is 1. The van der Waals surface area contributed by atoms with E-state index in [9.17, 15) is 4.79 Å². The summed E-state index contributed by atoms with van der Waals surface area (Å²) in [5, 5.41) is 2.83. The lowest BCUT2D eigenvalue weighted by molar-refractivity contribution is 0.0996. The monoisotopic (exact) mass is 281 g/mol. The number of Topliss-reactive ketones (excluding diaryl/α,β-unsaturated/α-hetero) is 1. The predicted octanol–water partition coefficient (Wildman–Crippen LogP) is 3.42. The second-order valence-electron chi connectivity index (χ2n) is 3.89. The fourth-order valence-electron chi connectivity index (χ4n) is 1.85. The first-order valence-corrected chi connectivity index (χ1v) is 8.29. The Morgan fingerprint density at radius 3 is 3.18 bits per heavy atom. The van der Waals surface area contributed by atoms with Gasteiger partial charge in [-0.2, -0.15) is 11.8 Å². The molecule has 0 saturated carbocycles. The summed E-state index contributed by atoms with van der Waals surface area (Å²) < 4.78 is 0. The van der Waals surface area contributed by atoms with Gasteiger partial charge in [-0.1, -0.05) is 0 Å². The molecule has 0 aliphatic carbocycles. The molecule has 2 aromatic heterocycles. The normalized spacial score (nSPS) is 14.6. The standard InChI is InChI=1S/C12H11NOS3/c14-9(6-12-13-2-4-16-12)11-5-8-7-15-3-1-10(8)17-11/h2,4-5H,1,3,6-7H2. The summed E-state index contributed by atoms with van der Waals surface area (Å²) in [5.74, 6) is 2.47. The summed E-state index contributed by atoms with van der Waals surface area (Å²) in [6.45, 7) is 0. The fraction of sp³-hybridized carbons (Fsp3) is 0.333. The number of thiazole rings is 1. The first kappa shape index (κ1) is 11.4. The number of aryl methyl sites for hydroxylation is 1. The van der Waals surface area contributed by atoms with Crippen LogP contribution in [0.25, 0.3) is 0 Å². The highest BCUT2D eigenvalue weighted by molar-refractivity contribution is 7.98. The molecule has 0 bridgehead atoms. The molecular weight excluding hydrogens is 270 g/mol. The van der Waals surface area contributed by atoms with Crippen molar-refractivity contribution in [2.45, 2.75) is 18.6 Å². The van der Waals surface area contributed by atoms with E-state index < -0.39 is 0 Å². The number of hydrogen-bond donors (Lipinski definition) is 0. The van der Waals surface area contributed by atoms with Crippen molar-refractivity contribution in [2.75, 3.05) is 5.75 Å². The van der Waals surface area contributed by atoms with Gasteiger partial charge in [0.25, 0.3) is 0 Å². The van der Waals surface area contributed by atoms with Crippen LogP contribution in [0, 0.1) is 0 Å². The number of rotatable bonds is 3. The van der Waals surface area contributed by atoms with Gasteiger partial charge in [0.1, 0.15) is 5.01 Å². The van der Waals surface area contributed by atoms with Gasteiger partial charge in [0.05, 0.1) is 11.3 Å². The zero-order valence-corrected chi connectivity index (χ0v) is 11.6. The van der Waals surface area contributed by atoms with Gasteiger partial charge in [-0.25, -0.2) is 4.98 Å². The molecule has 1 aliphatic heterocycles. The molecule has 0 unspecified atom stereocenters. The molecule has 0 saturated heterocycles. The molecule has 1 aliphatic rings. The van der Waals surface area contributed by atoms with Crippen LogP contribution in [-0.4, -0.2) is 16.5 Å². The van der Waals surface area contributed by atoms with Crippen molar-refractivity contribution in [3.05, 3.63) is 38.0 Å². The maximum Gasteiger partial charge on any atom is 0.179 e. The minimum atomic E-state index is 0.212. The lowest BCUT2D eigenvalue weighted by atomic mass is 10.2. The number of hydrogen-bond acceptors (Lipinski definition) is 5. The van der Waals surface area contributed by atoms with Gasteiger partial charge in [0.15, 0.2) is 5.78 Å². The van der Waals surface area contributed by atoms with Crippen LogP contribution < -0.4 is 0 Å². The third-order valence-electron chi connectivity index (χ3n) is 2.70. The minimum Gasteiger partial charge on any atom is -0.293 e. The topological polar surface area (TPSA) is 30.0 Å².